The lowest BCUT2D eigenvalue weighted by atomic mass is 10.0. The maximum atomic E-state index is 13.3. The van der Waals surface area contributed by atoms with Crippen LogP contribution in [-0.2, 0) is 20.7 Å². The van der Waals surface area contributed by atoms with Crippen LogP contribution in [0, 0.1) is 5.92 Å². The summed E-state index contributed by atoms with van der Waals surface area (Å²) in [5, 5.41) is 0.542. The Hall–Kier alpha value is -3.96. The van der Waals surface area contributed by atoms with Crippen LogP contribution in [0.2, 0.25) is 10.0 Å². The van der Waals surface area contributed by atoms with Crippen molar-refractivity contribution in [2.45, 2.75) is 32.0 Å². The van der Waals surface area contributed by atoms with Crippen molar-refractivity contribution in [1.82, 2.24) is 0 Å². The number of anilines is 1. The molecule has 5 rings (SSSR count). The standard InChI is InChI=1S/C29H24Cl2F2N2O7/c1-39-17-5-6-18-22(9-17)35(28(38)27(18)37)13-26(36)41-24(10-19-20(30)11-34-12-21(19)31)16-4-7-23(42-29(32)33)25(8-16)40-14-15-2-3-15/h4-9,11-12,15,24,29H,2-3,10,13-14H2,1H3/p+1/t24-/m0/s1. The SMILES string of the molecule is COc1ccc2c(c1)N(CC(=O)O[C@@H](Cc1c(Cl)c[nH+]cc1Cl)c1ccc(OC(F)F)c(OCC3CC3)c1)C(=O)C2=O. The third kappa shape index (κ3) is 6.57. The minimum Gasteiger partial charge on any atom is -0.497 e. The molecule has 2 aliphatic rings. The van der Waals surface area contributed by atoms with Crippen LogP contribution in [-0.4, -0.2) is 44.5 Å². The van der Waals surface area contributed by atoms with Gasteiger partial charge in [-0.05, 0) is 48.6 Å². The Labute approximate surface area is 249 Å². The first-order chi connectivity index (χ1) is 20.1. The second-order valence-corrected chi connectivity index (χ2v) is 10.6. The monoisotopic (exact) mass is 621 g/mol. The molecule has 0 unspecified atom stereocenters. The second-order valence-electron chi connectivity index (χ2n) is 9.75. The van der Waals surface area contributed by atoms with Gasteiger partial charge in [0.05, 0.1) is 25.0 Å². The van der Waals surface area contributed by atoms with Crippen LogP contribution in [0.1, 0.15) is 40.4 Å². The average Bonchev–Trinajstić information content (AvgIpc) is 3.76. The molecular weight excluding hydrogens is 597 g/mol. The van der Waals surface area contributed by atoms with Gasteiger partial charge >= 0.3 is 12.6 Å². The summed E-state index contributed by atoms with van der Waals surface area (Å²) in [5.41, 5.74) is 1.18. The molecular formula is C29H25Cl2F2N2O7+. The number of amides is 1. The maximum absolute atomic E-state index is 13.3. The summed E-state index contributed by atoms with van der Waals surface area (Å²) >= 11 is 12.7. The van der Waals surface area contributed by atoms with Gasteiger partial charge in [0.25, 0.3) is 11.7 Å². The van der Waals surface area contributed by atoms with Crippen molar-refractivity contribution in [1.29, 1.82) is 0 Å². The molecule has 3 aromatic rings. The zero-order valence-electron chi connectivity index (χ0n) is 22.2. The number of alkyl halides is 2. The van der Waals surface area contributed by atoms with Crippen LogP contribution >= 0.6 is 23.2 Å². The van der Waals surface area contributed by atoms with Crippen LogP contribution in [0.15, 0.2) is 48.8 Å². The highest BCUT2D eigenvalue weighted by Gasteiger charge is 2.38. The lowest BCUT2D eigenvalue weighted by Crippen LogP contribution is -2.36. The predicted molar refractivity (Wildman–Crippen MR) is 147 cm³/mol. The Balaban J connectivity index is 1.44. The third-order valence-corrected chi connectivity index (χ3v) is 7.53. The summed E-state index contributed by atoms with van der Waals surface area (Å²) in [4.78, 5) is 42.4. The predicted octanol–water partition coefficient (Wildman–Crippen LogP) is 5.26. The van der Waals surface area contributed by atoms with Crippen molar-refractivity contribution < 1.29 is 47.1 Å². The van der Waals surface area contributed by atoms with E-state index in [1.165, 1.54) is 55.9 Å². The van der Waals surface area contributed by atoms with E-state index in [4.69, 9.17) is 37.4 Å². The molecule has 1 aliphatic heterocycles. The molecule has 220 valence electrons. The normalized spacial score (nSPS) is 15.0. The number of hydrogen-bond donors (Lipinski definition) is 0. The van der Waals surface area contributed by atoms with Gasteiger partial charge in [0, 0.05) is 18.1 Å². The summed E-state index contributed by atoms with van der Waals surface area (Å²) < 4.78 is 47.6. The van der Waals surface area contributed by atoms with Gasteiger partial charge in [-0.3, -0.25) is 19.3 Å². The van der Waals surface area contributed by atoms with Crippen molar-refractivity contribution in [2.24, 2.45) is 5.92 Å². The molecule has 1 N–H and O–H groups in total. The number of esters is 1. The Kier molecular flexibility index (Phi) is 8.79. The van der Waals surface area contributed by atoms with E-state index in [1.807, 2.05) is 0 Å². The van der Waals surface area contributed by atoms with Gasteiger partial charge in [0.15, 0.2) is 23.9 Å². The summed E-state index contributed by atoms with van der Waals surface area (Å²) in [6.07, 6.45) is 3.90. The number of carbonyl (C=O) groups is 3. The van der Waals surface area contributed by atoms with Gasteiger partial charge in [0.2, 0.25) is 0 Å². The van der Waals surface area contributed by atoms with Crippen LogP contribution in [0.5, 0.6) is 17.2 Å². The summed E-state index contributed by atoms with van der Waals surface area (Å²) in [6, 6.07) is 8.69. The second kappa shape index (κ2) is 12.5. The molecule has 0 spiro atoms. The number of ketones is 1. The summed E-state index contributed by atoms with van der Waals surface area (Å²) in [7, 11) is 1.43. The minimum absolute atomic E-state index is 0.00745. The van der Waals surface area contributed by atoms with Crippen LogP contribution in [0.3, 0.4) is 0 Å². The zero-order valence-corrected chi connectivity index (χ0v) is 23.7. The topological polar surface area (TPSA) is 106 Å². The molecule has 9 nitrogen and oxygen atoms in total. The number of Topliss-reactive ketones (excluding diaryl/α,β-unsaturated/α-hetero) is 1. The maximum Gasteiger partial charge on any atom is 0.387 e. The molecule has 0 bridgehead atoms. The number of halogens is 4. The van der Waals surface area contributed by atoms with Crippen LogP contribution < -0.4 is 24.1 Å². The molecule has 0 saturated heterocycles. The molecule has 0 radical (unpaired) electrons. The van der Waals surface area contributed by atoms with Crippen LogP contribution in [0.25, 0.3) is 0 Å². The van der Waals surface area contributed by atoms with E-state index in [-0.39, 0.29) is 39.2 Å². The lowest BCUT2D eigenvalue weighted by molar-refractivity contribution is -0.377. The van der Waals surface area contributed by atoms with E-state index in [2.05, 4.69) is 9.72 Å². The number of methoxy groups -OCH3 is 1. The fourth-order valence-corrected chi connectivity index (χ4v) is 5.02. The van der Waals surface area contributed by atoms with Gasteiger partial charge in [-0.1, -0.05) is 29.3 Å². The van der Waals surface area contributed by atoms with Gasteiger partial charge in [-0.15, -0.1) is 0 Å². The van der Waals surface area contributed by atoms with Gasteiger partial charge < -0.3 is 18.9 Å². The molecule has 2 aromatic carbocycles. The highest BCUT2D eigenvalue weighted by Crippen LogP contribution is 2.38. The molecule has 1 saturated carbocycles. The Morgan fingerprint density at radius 1 is 1.07 bits per heavy atom. The number of H-pyrrole nitrogens is 1. The van der Waals surface area contributed by atoms with E-state index >= 15 is 0 Å². The molecule has 1 fully saturated rings. The van der Waals surface area contributed by atoms with E-state index in [9.17, 15) is 23.2 Å². The smallest absolute Gasteiger partial charge is 0.387 e. The highest BCUT2D eigenvalue weighted by atomic mass is 35.5. The third-order valence-electron chi connectivity index (χ3n) is 6.85. The molecule has 42 heavy (non-hydrogen) atoms. The van der Waals surface area contributed by atoms with Crippen LogP contribution in [0.4, 0.5) is 14.5 Å². The van der Waals surface area contributed by atoms with Crippen molar-refractivity contribution in [3.05, 3.63) is 75.5 Å². The van der Waals surface area contributed by atoms with Crippen molar-refractivity contribution in [2.75, 3.05) is 25.2 Å². The number of benzene rings is 2. The number of nitrogens with one attached hydrogen (secondary N) is 1. The number of hydrogen-bond acceptors (Lipinski definition) is 7. The highest BCUT2D eigenvalue weighted by molar-refractivity contribution is 6.52. The van der Waals surface area contributed by atoms with Crippen molar-refractivity contribution >= 4 is 46.5 Å². The van der Waals surface area contributed by atoms with Crippen molar-refractivity contribution in [3.8, 4) is 17.2 Å². The molecule has 13 heteroatoms. The first-order valence-electron chi connectivity index (χ1n) is 12.9. The quantitative estimate of drug-likeness (QED) is 0.200. The molecule has 1 atom stereocenters. The molecule has 1 aliphatic carbocycles. The van der Waals surface area contributed by atoms with E-state index in [0.717, 1.165) is 17.7 Å². The zero-order chi connectivity index (χ0) is 30.0. The average molecular weight is 622 g/mol. The summed E-state index contributed by atoms with van der Waals surface area (Å²) in [6.45, 7) is -3.34. The molecule has 2 heterocycles. The first-order valence-corrected chi connectivity index (χ1v) is 13.7. The van der Waals surface area contributed by atoms with E-state index < -0.39 is 36.9 Å². The van der Waals surface area contributed by atoms with E-state index in [1.54, 1.807) is 0 Å². The fourth-order valence-electron chi connectivity index (χ4n) is 4.49. The number of pyridine rings is 1. The largest absolute Gasteiger partial charge is 0.497 e. The number of ether oxygens (including phenoxy) is 4. The Morgan fingerprint density at radius 3 is 2.48 bits per heavy atom. The summed E-state index contributed by atoms with van der Waals surface area (Å²) in [5.74, 6) is -1.90. The fraction of sp³-hybridized carbons (Fsp3) is 0.310. The van der Waals surface area contributed by atoms with Gasteiger partial charge in [-0.25, -0.2) is 4.98 Å². The number of aromatic amines is 1. The first kappa shape index (κ1) is 29.5. The van der Waals surface area contributed by atoms with Crippen molar-refractivity contribution in [3.63, 3.8) is 0 Å². The Bertz CT molecular complexity index is 1510. The number of fused-ring (bicyclic) bond motifs is 1. The van der Waals surface area contributed by atoms with E-state index in [0.29, 0.717) is 29.4 Å². The number of carbonyl (C=O) groups excluding carboxylic acids is 3. The van der Waals surface area contributed by atoms with Gasteiger partial charge in [0.1, 0.15) is 28.4 Å². The number of rotatable bonds is 12. The lowest BCUT2D eigenvalue weighted by Gasteiger charge is -2.23. The molecule has 1 aromatic heterocycles. The van der Waals surface area contributed by atoms with Gasteiger partial charge in [-0.2, -0.15) is 8.78 Å². The number of aromatic nitrogens is 1. The number of nitrogens with zero attached hydrogens (tertiary/aromatic N) is 1. The molecule has 1 amide bonds. The minimum atomic E-state index is -3.08. The Morgan fingerprint density at radius 2 is 1.81 bits per heavy atom.